The first kappa shape index (κ1) is 13.6. The Morgan fingerprint density at radius 2 is 2.33 bits per heavy atom. The van der Waals surface area contributed by atoms with Crippen LogP contribution in [0.15, 0.2) is 30.7 Å². The van der Waals surface area contributed by atoms with Gasteiger partial charge in [-0.2, -0.15) is 0 Å². The smallest absolute Gasteiger partial charge is 0.255 e. The van der Waals surface area contributed by atoms with Crippen LogP contribution in [0.5, 0.6) is 5.88 Å². The second-order valence-electron chi connectivity index (χ2n) is 5.15. The summed E-state index contributed by atoms with van der Waals surface area (Å²) < 4.78 is 5.01. The van der Waals surface area contributed by atoms with E-state index in [4.69, 9.17) is 4.74 Å². The molecule has 21 heavy (non-hydrogen) atoms. The summed E-state index contributed by atoms with van der Waals surface area (Å²) >= 11 is 0. The van der Waals surface area contributed by atoms with E-state index >= 15 is 0 Å². The van der Waals surface area contributed by atoms with Crippen molar-refractivity contribution in [3.8, 4) is 5.88 Å². The lowest BCUT2D eigenvalue weighted by Gasteiger charge is -2.31. The molecule has 1 aliphatic rings. The SMILES string of the molecule is COc1ccc(C(=O)N2CCCC(c3ncc[nH]3)C2)cn1. The van der Waals surface area contributed by atoms with Crippen LogP contribution in [0, 0.1) is 0 Å². The van der Waals surface area contributed by atoms with Crippen molar-refractivity contribution in [3.05, 3.63) is 42.1 Å². The van der Waals surface area contributed by atoms with Crippen LogP contribution < -0.4 is 4.74 Å². The van der Waals surface area contributed by atoms with Gasteiger partial charge in [0.25, 0.3) is 5.91 Å². The van der Waals surface area contributed by atoms with Crippen molar-refractivity contribution in [2.24, 2.45) is 0 Å². The predicted molar refractivity (Wildman–Crippen MR) is 77.3 cm³/mol. The molecule has 110 valence electrons. The molecule has 1 N–H and O–H groups in total. The van der Waals surface area contributed by atoms with E-state index < -0.39 is 0 Å². The van der Waals surface area contributed by atoms with Gasteiger partial charge in [-0.05, 0) is 18.9 Å². The summed E-state index contributed by atoms with van der Waals surface area (Å²) in [5.74, 6) is 1.77. The Morgan fingerprint density at radius 1 is 1.43 bits per heavy atom. The molecule has 0 saturated carbocycles. The van der Waals surface area contributed by atoms with Crippen molar-refractivity contribution < 1.29 is 9.53 Å². The fourth-order valence-electron chi connectivity index (χ4n) is 2.70. The summed E-state index contributed by atoms with van der Waals surface area (Å²) in [4.78, 5) is 25.9. The first-order valence-electron chi connectivity index (χ1n) is 7.06. The Kier molecular flexibility index (Phi) is 3.85. The van der Waals surface area contributed by atoms with Crippen molar-refractivity contribution in [1.29, 1.82) is 0 Å². The number of methoxy groups -OCH3 is 1. The molecule has 1 aliphatic heterocycles. The number of aromatic amines is 1. The van der Waals surface area contributed by atoms with Gasteiger partial charge in [0.15, 0.2) is 0 Å². The standard InChI is InChI=1S/C15H18N4O2/c1-21-13-5-4-11(9-18-13)15(20)19-8-2-3-12(10-19)14-16-6-7-17-14/h4-7,9,12H,2-3,8,10H2,1H3,(H,16,17). The highest BCUT2D eigenvalue weighted by Gasteiger charge is 2.26. The molecule has 1 saturated heterocycles. The summed E-state index contributed by atoms with van der Waals surface area (Å²) in [6, 6.07) is 3.46. The molecule has 1 unspecified atom stereocenters. The minimum Gasteiger partial charge on any atom is -0.481 e. The number of amides is 1. The molecule has 0 radical (unpaired) electrons. The Labute approximate surface area is 123 Å². The normalized spacial score (nSPS) is 18.5. The summed E-state index contributed by atoms with van der Waals surface area (Å²) in [6.45, 7) is 1.47. The molecule has 6 nitrogen and oxygen atoms in total. The highest BCUT2D eigenvalue weighted by atomic mass is 16.5. The van der Waals surface area contributed by atoms with Crippen LogP contribution in [0.1, 0.15) is 34.9 Å². The van der Waals surface area contributed by atoms with Crippen LogP contribution in [-0.4, -0.2) is 46.0 Å². The van der Waals surface area contributed by atoms with Crippen LogP contribution >= 0.6 is 0 Å². The molecule has 0 aliphatic carbocycles. The topological polar surface area (TPSA) is 71.1 Å². The fourth-order valence-corrected chi connectivity index (χ4v) is 2.70. The van der Waals surface area contributed by atoms with Crippen LogP contribution in [-0.2, 0) is 0 Å². The largest absolute Gasteiger partial charge is 0.481 e. The lowest BCUT2D eigenvalue weighted by atomic mass is 9.97. The molecule has 0 bridgehead atoms. The Balaban J connectivity index is 1.71. The number of likely N-dealkylation sites (tertiary alicyclic amines) is 1. The molecule has 1 fully saturated rings. The zero-order valence-electron chi connectivity index (χ0n) is 12.0. The number of aromatic nitrogens is 3. The second kappa shape index (κ2) is 5.95. The number of imidazole rings is 1. The highest BCUT2D eigenvalue weighted by Crippen LogP contribution is 2.25. The van der Waals surface area contributed by atoms with Gasteiger partial charge in [0, 0.05) is 43.7 Å². The fraction of sp³-hybridized carbons (Fsp3) is 0.400. The van der Waals surface area contributed by atoms with Crippen LogP contribution in [0.25, 0.3) is 0 Å². The third kappa shape index (κ3) is 2.89. The number of carbonyl (C=O) groups is 1. The van der Waals surface area contributed by atoms with Crippen molar-refractivity contribution in [2.75, 3.05) is 20.2 Å². The summed E-state index contributed by atoms with van der Waals surface area (Å²) in [7, 11) is 1.56. The van der Waals surface area contributed by atoms with Crippen LogP contribution in [0.2, 0.25) is 0 Å². The van der Waals surface area contributed by atoms with Crippen molar-refractivity contribution in [3.63, 3.8) is 0 Å². The van der Waals surface area contributed by atoms with E-state index in [-0.39, 0.29) is 11.8 Å². The van der Waals surface area contributed by atoms with Crippen LogP contribution in [0.4, 0.5) is 0 Å². The van der Waals surface area contributed by atoms with E-state index in [1.165, 1.54) is 0 Å². The molecule has 3 heterocycles. The minimum absolute atomic E-state index is 0.0152. The van der Waals surface area contributed by atoms with Crippen LogP contribution in [0.3, 0.4) is 0 Å². The third-order valence-corrected chi connectivity index (χ3v) is 3.81. The van der Waals surface area contributed by atoms with Crippen molar-refractivity contribution in [1.82, 2.24) is 19.9 Å². The minimum atomic E-state index is 0.0152. The van der Waals surface area contributed by atoms with E-state index in [0.29, 0.717) is 18.0 Å². The number of hydrogen-bond donors (Lipinski definition) is 1. The molecular formula is C15H18N4O2. The molecule has 1 amide bonds. The number of hydrogen-bond acceptors (Lipinski definition) is 4. The predicted octanol–water partition coefficient (Wildman–Crippen LogP) is 1.83. The number of nitrogens with zero attached hydrogens (tertiary/aromatic N) is 3. The third-order valence-electron chi connectivity index (χ3n) is 3.81. The van der Waals surface area contributed by atoms with Gasteiger partial charge in [-0.3, -0.25) is 4.79 Å². The van der Waals surface area contributed by atoms with Crippen molar-refractivity contribution >= 4 is 5.91 Å². The van der Waals surface area contributed by atoms with E-state index in [9.17, 15) is 4.79 Å². The molecule has 2 aromatic heterocycles. The van der Waals surface area contributed by atoms with Gasteiger partial charge in [0.05, 0.1) is 12.7 Å². The summed E-state index contributed by atoms with van der Waals surface area (Å²) in [5.41, 5.74) is 0.593. The number of carbonyl (C=O) groups excluding carboxylic acids is 1. The molecule has 6 heteroatoms. The second-order valence-corrected chi connectivity index (χ2v) is 5.15. The van der Waals surface area contributed by atoms with E-state index in [1.807, 2.05) is 11.1 Å². The summed E-state index contributed by atoms with van der Waals surface area (Å²) in [6.07, 6.45) is 7.18. The first-order valence-corrected chi connectivity index (χ1v) is 7.06. The lowest BCUT2D eigenvalue weighted by molar-refractivity contribution is 0.0704. The zero-order valence-corrected chi connectivity index (χ0v) is 12.0. The summed E-state index contributed by atoms with van der Waals surface area (Å²) in [5, 5.41) is 0. The van der Waals surface area contributed by atoms with Gasteiger partial charge in [0.2, 0.25) is 5.88 Å². The van der Waals surface area contributed by atoms with Gasteiger partial charge in [-0.25, -0.2) is 9.97 Å². The van der Waals surface area contributed by atoms with E-state index in [0.717, 1.165) is 25.2 Å². The molecule has 1 atom stereocenters. The maximum atomic E-state index is 12.5. The van der Waals surface area contributed by atoms with E-state index in [2.05, 4.69) is 15.0 Å². The molecule has 3 rings (SSSR count). The quantitative estimate of drug-likeness (QED) is 0.934. The van der Waals surface area contributed by atoms with Crippen molar-refractivity contribution in [2.45, 2.75) is 18.8 Å². The number of nitrogens with one attached hydrogen (secondary N) is 1. The average Bonchev–Trinajstić information content (AvgIpc) is 3.09. The van der Waals surface area contributed by atoms with E-state index in [1.54, 1.807) is 31.6 Å². The number of piperidine rings is 1. The van der Waals surface area contributed by atoms with Gasteiger partial charge >= 0.3 is 0 Å². The van der Waals surface area contributed by atoms with Gasteiger partial charge < -0.3 is 14.6 Å². The Morgan fingerprint density at radius 3 is 3.00 bits per heavy atom. The molecular weight excluding hydrogens is 268 g/mol. The van der Waals surface area contributed by atoms with Gasteiger partial charge in [-0.15, -0.1) is 0 Å². The maximum Gasteiger partial charge on any atom is 0.255 e. The average molecular weight is 286 g/mol. The van der Waals surface area contributed by atoms with Gasteiger partial charge in [0.1, 0.15) is 5.82 Å². The monoisotopic (exact) mass is 286 g/mol. The van der Waals surface area contributed by atoms with Gasteiger partial charge in [-0.1, -0.05) is 0 Å². The molecule has 2 aromatic rings. The molecule has 0 spiro atoms. The molecule has 0 aromatic carbocycles. The Hall–Kier alpha value is -2.37. The number of rotatable bonds is 3. The zero-order chi connectivity index (χ0) is 14.7. The number of H-pyrrole nitrogens is 1. The first-order chi connectivity index (χ1) is 10.3. The number of ether oxygens (including phenoxy) is 1. The lowest BCUT2D eigenvalue weighted by Crippen LogP contribution is -2.39. The highest BCUT2D eigenvalue weighted by molar-refractivity contribution is 5.94. The Bertz CT molecular complexity index is 595. The maximum absolute atomic E-state index is 12.5. The number of pyridine rings is 1.